The van der Waals surface area contributed by atoms with E-state index in [4.69, 9.17) is 16.0 Å². The molecule has 2 heterocycles. The van der Waals surface area contributed by atoms with Crippen LogP contribution >= 0.6 is 11.6 Å². The van der Waals surface area contributed by atoms with Gasteiger partial charge in [0.05, 0.1) is 23.2 Å². The molecule has 1 N–H and O–H groups in total. The molecule has 0 aliphatic carbocycles. The number of nitrogens with zero attached hydrogens (tertiary/aromatic N) is 1. The maximum atomic E-state index is 12.4. The molecule has 1 aromatic heterocycles. The van der Waals surface area contributed by atoms with Crippen LogP contribution in [0.1, 0.15) is 10.4 Å². The molecular weight excluding hydrogens is 268 g/mol. The van der Waals surface area contributed by atoms with Crippen LogP contribution in [0.2, 0.25) is 5.22 Å². The number of halogens is 1. The number of para-hydroxylation sites is 2. The molecule has 0 fully saturated rings. The minimum Gasteiger partial charge on any atom is -0.452 e. The molecule has 0 saturated heterocycles. The maximum absolute atomic E-state index is 12.4. The first-order valence-electron chi connectivity index (χ1n) is 5.60. The number of rotatable bonds is 1. The van der Waals surface area contributed by atoms with E-state index in [9.17, 15) is 9.59 Å². The van der Waals surface area contributed by atoms with Crippen molar-refractivity contribution in [3.05, 3.63) is 47.4 Å². The Balaban J connectivity index is 2.04. The molecule has 6 heteroatoms. The first-order chi connectivity index (χ1) is 9.16. The van der Waals surface area contributed by atoms with Crippen molar-refractivity contribution < 1.29 is 14.0 Å². The topological polar surface area (TPSA) is 62.6 Å². The fourth-order valence-electron chi connectivity index (χ4n) is 2.01. The highest BCUT2D eigenvalue weighted by atomic mass is 35.5. The number of amides is 2. The average Bonchev–Trinajstić information content (AvgIpc) is 2.83. The number of hydrogen-bond donors (Lipinski definition) is 1. The Morgan fingerprint density at radius 3 is 2.84 bits per heavy atom. The van der Waals surface area contributed by atoms with Gasteiger partial charge in [0.1, 0.15) is 6.54 Å². The van der Waals surface area contributed by atoms with Gasteiger partial charge in [0.2, 0.25) is 11.1 Å². The molecule has 0 radical (unpaired) electrons. The predicted molar refractivity (Wildman–Crippen MR) is 70.5 cm³/mol. The van der Waals surface area contributed by atoms with E-state index in [0.29, 0.717) is 11.4 Å². The normalized spacial score (nSPS) is 13.9. The quantitative estimate of drug-likeness (QED) is 0.870. The number of carbonyl (C=O) groups excluding carboxylic acids is 2. The summed E-state index contributed by atoms with van der Waals surface area (Å²) in [5.41, 5.74) is 1.49. The number of anilines is 2. The minimum absolute atomic E-state index is 0.0217. The third-order valence-corrected chi connectivity index (χ3v) is 3.16. The molecule has 0 bridgehead atoms. The van der Waals surface area contributed by atoms with Crippen molar-refractivity contribution in [3.8, 4) is 0 Å². The number of furan rings is 1. The lowest BCUT2D eigenvalue weighted by atomic mass is 10.1. The van der Waals surface area contributed by atoms with Crippen LogP contribution in [0.15, 0.2) is 41.0 Å². The maximum Gasteiger partial charge on any atom is 0.263 e. The molecule has 2 amide bonds. The Morgan fingerprint density at radius 2 is 2.11 bits per heavy atom. The van der Waals surface area contributed by atoms with E-state index in [1.165, 1.54) is 17.2 Å². The highest BCUT2D eigenvalue weighted by Gasteiger charge is 2.29. The van der Waals surface area contributed by atoms with Crippen LogP contribution in [0, 0.1) is 0 Å². The molecule has 0 atom stereocenters. The zero-order valence-corrected chi connectivity index (χ0v) is 10.5. The summed E-state index contributed by atoms with van der Waals surface area (Å²) in [6.07, 6.45) is 1.34. The molecular formula is C13H9ClN2O3. The molecule has 0 saturated carbocycles. The van der Waals surface area contributed by atoms with E-state index in [2.05, 4.69) is 5.32 Å². The van der Waals surface area contributed by atoms with E-state index in [-0.39, 0.29) is 29.1 Å². The standard InChI is InChI=1S/C13H9ClN2O3/c14-12-8(5-6-19-12)13(18)16-7-11(17)15-9-3-1-2-4-10(9)16/h1-6H,7H2,(H,15,17). The van der Waals surface area contributed by atoms with Crippen LogP contribution in [-0.4, -0.2) is 18.4 Å². The molecule has 0 unspecified atom stereocenters. The highest BCUT2D eigenvalue weighted by molar-refractivity contribution is 6.33. The molecule has 96 valence electrons. The van der Waals surface area contributed by atoms with Gasteiger partial charge in [-0.2, -0.15) is 0 Å². The first kappa shape index (κ1) is 11.8. The zero-order valence-electron chi connectivity index (χ0n) is 9.72. The molecule has 19 heavy (non-hydrogen) atoms. The minimum atomic E-state index is -0.360. The van der Waals surface area contributed by atoms with Gasteiger partial charge < -0.3 is 9.73 Å². The second kappa shape index (κ2) is 4.44. The van der Waals surface area contributed by atoms with Crippen molar-refractivity contribution in [2.24, 2.45) is 0 Å². The zero-order chi connectivity index (χ0) is 13.4. The van der Waals surface area contributed by atoms with E-state index < -0.39 is 0 Å². The third kappa shape index (κ3) is 1.98. The lowest BCUT2D eigenvalue weighted by molar-refractivity contribution is -0.115. The number of hydrogen-bond acceptors (Lipinski definition) is 3. The molecule has 1 aromatic carbocycles. The Morgan fingerprint density at radius 1 is 1.32 bits per heavy atom. The Labute approximate surface area is 113 Å². The fraction of sp³-hybridized carbons (Fsp3) is 0.0769. The van der Waals surface area contributed by atoms with Crippen LogP contribution in [-0.2, 0) is 4.79 Å². The first-order valence-corrected chi connectivity index (χ1v) is 5.98. The summed E-state index contributed by atoms with van der Waals surface area (Å²) in [4.78, 5) is 25.4. The van der Waals surface area contributed by atoms with Gasteiger partial charge in [0.25, 0.3) is 5.91 Å². The van der Waals surface area contributed by atoms with Crippen LogP contribution in [0.25, 0.3) is 0 Å². The van der Waals surface area contributed by atoms with Gasteiger partial charge in [-0.1, -0.05) is 12.1 Å². The monoisotopic (exact) mass is 276 g/mol. The van der Waals surface area contributed by atoms with Crippen LogP contribution in [0.4, 0.5) is 11.4 Å². The number of carbonyl (C=O) groups is 2. The van der Waals surface area contributed by atoms with Crippen molar-refractivity contribution in [1.82, 2.24) is 0 Å². The van der Waals surface area contributed by atoms with Crippen LogP contribution in [0.3, 0.4) is 0 Å². The van der Waals surface area contributed by atoms with Gasteiger partial charge in [0.15, 0.2) is 0 Å². The second-order valence-corrected chi connectivity index (χ2v) is 4.41. The number of fused-ring (bicyclic) bond motifs is 1. The highest BCUT2D eigenvalue weighted by Crippen LogP contribution is 2.31. The molecule has 1 aliphatic rings. The molecule has 2 aromatic rings. The Hall–Kier alpha value is -2.27. The van der Waals surface area contributed by atoms with E-state index in [1.807, 2.05) is 0 Å². The molecule has 1 aliphatic heterocycles. The molecule has 5 nitrogen and oxygen atoms in total. The summed E-state index contributed by atoms with van der Waals surface area (Å²) >= 11 is 5.80. The Kier molecular flexibility index (Phi) is 2.76. The summed E-state index contributed by atoms with van der Waals surface area (Å²) in [6.45, 7) is -0.0443. The average molecular weight is 277 g/mol. The van der Waals surface area contributed by atoms with E-state index in [1.54, 1.807) is 24.3 Å². The van der Waals surface area contributed by atoms with Crippen LogP contribution < -0.4 is 10.2 Å². The lowest BCUT2D eigenvalue weighted by Gasteiger charge is -2.28. The van der Waals surface area contributed by atoms with Gasteiger partial charge in [0, 0.05) is 0 Å². The summed E-state index contributed by atoms with van der Waals surface area (Å²) in [5, 5.41) is 2.74. The van der Waals surface area contributed by atoms with Crippen molar-refractivity contribution in [3.63, 3.8) is 0 Å². The largest absolute Gasteiger partial charge is 0.452 e. The van der Waals surface area contributed by atoms with Gasteiger partial charge >= 0.3 is 0 Å². The van der Waals surface area contributed by atoms with Gasteiger partial charge in [-0.05, 0) is 29.8 Å². The lowest BCUT2D eigenvalue weighted by Crippen LogP contribution is -2.42. The summed E-state index contributed by atoms with van der Waals surface area (Å²) in [7, 11) is 0. The number of nitrogens with one attached hydrogen (secondary N) is 1. The summed E-state index contributed by atoms with van der Waals surface area (Å²) < 4.78 is 4.91. The van der Waals surface area contributed by atoms with Gasteiger partial charge in [-0.25, -0.2) is 0 Å². The van der Waals surface area contributed by atoms with Gasteiger partial charge in [-0.15, -0.1) is 0 Å². The molecule has 0 spiro atoms. The van der Waals surface area contributed by atoms with E-state index in [0.717, 1.165) is 0 Å². The van der Waals surface area contributed by atoms with Crippen molar-refractivity contribution >= 4 is 34.8 Å². The SMILES string of the molecule is O=C1CN(C(=O)c2ccoc2Cl)c2ccccc2N1. The van der Waals surface area contributed by atoms with Crippen LogP contribution in [0.5, 0.6) is 0 Å². The Bertz CT molecular complexity index is 665. The van der Waals surface area contributed by atoms with Crippen molar-refractivity contribution in [1.29, 1.82) is 0 Å². The number of benzene rings is 1. The smallest absolute Gasteiger partial charge is 0.263 e. The van der Waals surface area contributed by atoms with Crippen molar-refractivity contribution in [2.75, 3.05) is 16.8 Å². The summed E-state index contributed by atoms with van der Waals surface area (Å²) in [5.74, 6) is -0.604. The van der Waals surface area contributed by atoms with Crippen molar-refractivity contribution in [2.45, 2.75) is 0 Å². The summed E-state index contributed by atoms with van der Waals surface area (Å²) in [6, 6.07) is 8.58. The third-order valence-electron chi connectivity index (χ3n) is 2.86. The van der Waals surface area contributed by atoms with Gasteiger partial charge in [-0.3, -0.25) is 14.5 Å². The van der Waals surface area contributed by atoms with E-state index >= 15 is 0 Å². The fourth-order valence-corrected chi connectivity index (χ4v) is 2.20. The molecule has 3 rings (SSSR count). The predicted octanol–water partition coefficient (Wildman–Crippen LogP) is 2.53. The second-order valence-electron chi connectivity index (χ2n) is 4.06.